The van der Waals surface area contributed by atoms with Crippen molar-refractivity contribution in [1.82, 2.24) is 9.78 Å². The van der Waals surface area contributed by atoms with Gasteiger partial charge in [-0.1, -0.05) is 30.3 Å². The summed E-state index contributed by atoms with van der Waals surface area (Å²) in [5.41, 5.74) is 2.30. The average molecular weight is 237 g/mol. The predicted molar refractivity (Wildman–Crippen MR) is 74.5 cm³/mol. The molecular formula is C15H15N3. The summed E-state index contributed by atoms with van der Waals surface area (Å²) in [6.45, 7) is 0.787. The van der Waals surface area contributed by atoms with Crippen LogP contribution in [-0.2, 0) is 13.6 Å². The summed E-state index contributed by atoms with van der Waals surface area (Å²) in [7, 11) is 1.96. The highest BCUT2D eigenvalue weighted by molar-refractivity contribution is 5.85. The summed E-state index contributed by atoms with van der Waals surface area (Å²) in [6, 6.07) is 16.8. The lowest BCUT2D eigenvalue weighted by atomic mass is 10.1. The van der Waals surface area contributed by atoms with Gasteiger partial charge < -0.3 is 5.32 Å². The molecule has 3 rings (SSSR count). The quantitative estimate of drug-likeness (QED) is 0.758. The van der Waals surface area contributed by atoms with Gasteiger partial charge in [0.15, 0.2) is 0 Å². The van der Waals surface area contributed by atoms with Crippen molar-refractivity contribution in [3.8, 4) is 0 Å². The number of nitrogens with one attached hydrogen (secondary N) is 1. The van der Waals surface area contributed by atoms with Crippen molar-refractivity contribution in [2.24, 2.45) is 7.05 Å². The Hall–Kier alpha value is -2.29. The van der Waals surface area contributed by atoms with E-state index in [2.05, 4.69) is 52.9 Å². The third-order valence-electron chi connectivity index (χ3n) is 3.15. The molecule has 2 aromatic carbocycles. The fraction of sp³-hybridized carbons (Fsp3) is 0.133. The number of hydrogen-bond donors (Lipinski definition) is 1. The van der Waals surface area contributed by atoms with Gasteiger partial charge in [0.25, 0.3) is 0 Å². The number of aryl methyl sites for hydroxylation is 1. The standard InChI is InChI=1S/C15H15N3/c1-18-15(8-9-17-18)11-16-14-7-6-12-4-2-3-5-13(12)10-14/h2-10,16H,11H2,1H3. The monoisotopic (exact) mass is 237 g/mol. The maximum absolute atomic E-state index is 4.16. The summed E-state index contributed by atoms with van der Waals surface area (Å²) < 4.78 is 1.88. The van der Waals surface area contributed by atoms with E-state index in [0.29, 0.717) is 0 Å². The van der Waals surface area contributed by atoms with Crippen LogP contribution in [0.4, 0.5) is 5.69 Å². The van der Waals surface area contributed by atoms with Crippen LogP contribution in [0.1, 0.15) is 5.69 Å². The molecule has 1 heterocycles. The lowest BCUT2D eigenvalue weighted by Crippen LogP contribution is -2.05. The minimum Gasteiger partial charge on any atom is -0.379 e. The topological polar surface area (TPSA) is 29.9 Å². The zero-order valence-corrected chi connectivity index (χ0v) is 10.3. The first-order valence-electron chi connectivity index (χ1n) is 6.02. The Morgan fingerprint density at radius 1 is 1.06 bits per heavy atom. The van der Waals surface area contributed by atoms with Gasteiger partial charge in [0.2, 0.25) is 0 Å². The van der Waals surface area contributed by atoms with Crippen LogP contribution in [0.3, 0.4) is 0 Å². The Bertz CT molecular complexity index is 670. The SMILES string of the molecule is Cn1nccc1CNc1ccc2ccccc2c1. The highest BCUT2D eigenvalue weighted by Gasteiger charge is 1.99. The third-order valence-corrected chi connectivity index (χ3v) is 3.15. The van der Waals surface area contributed by atoms with E-state index < -0.39 is 0 Å². The molecule has 0 radical (unpaired) electrons. The van der Waals surface area contributed by atoms with Crippen LogP contribution in [-0.4, -0.2) is 9.78 Å². The minimum absolute atomic E-state index is 0.787. The molecule has 0 unspecified atom stereocenters. The molecule has 0 spiro atoms. The van der Waals surface area contributed by atoms with E-state index in [1.807, 2.05) is 24.0 Å². The van der Waals surface area contributed by atoms with Gasteiger partial charge in [-0.15, -0.1) is 0 Å². The Morgan fingerprint density at radius 2 is 1.89 bits per heavy atom. The number of hydrogen-bond acceptors (Lipinski definition) is 2. The summed E-state index contributed by atoms with van der Waals surface area (Å²) in [4.78, 5) is 0. The normalized spacial score (nSPS) is 10.7. The molecule has 0 saturated carbocycles. The number of anilines is 1. The number of aromatic nitrogens is 2. The minimum atomic E-state index is 0.787. The highest BCUT2D eigenvalue weighted by Crippen LogP contribution is 2.19. The highest BCUT2D eigenvalue weighted by atomic mass is 15.3. The second-order valence-electron chi connectivity index (χ2n) is 4.36. The summed E-state index contributed by atoms with van der Waals surface area (Å²) in [5.74, 6) is 0. The molecule has 0 aliphatic heterocycles. The van der Waals surface area contributed by atoms with E-state index in [0.717, 1.165) is 12.2 Å². The van der Waals surface area contributed by atoms with Crippen LogP contribution in [0.15, 0.2) is 54.7 Å². The van der Waals surface area contributed by atoms with Crippen molar-refractivity contribution in [2.45, 2.75) is 6.54 Å². The molecule has 0 atom stereocenters. The van der Waals surface area contributed by atoms with E-state index in [4.69, 9.17) is 0 Å². The zero-order valence-electron chi connectivity index (χ0n) is 10.3. The van der Waals surface area contributed by atoms with E-state index in [-0.39, 0.29) is 0 Å². The number of fused-ring (bicyclic) bond motifs is 1. The Labute approximate surface area is 106 Å². The van der Waals surface area contributed by atoms with Gasteiger partial charge in [0, 0.05) is 18.9 Å². The van der Waals surface area contributed by atoms with Gasteiger partial charge in [0.05, 0.1) is 12.2 Å². The van der Waals surface area contributed by atoms with Crippen molar-refractivity contribution in [2.75, 3.05) is 5.32 Å². The molecule has 3 aromatic rings. The number of nitrogens with zero attached hydrogens (tertiary/aromatic N) is 2. The Kier molecular flexibility index (Phi) is 2.73. The van der Waals surface area contributed by atoms with Crippen LogP contribution < -0.4 is 5.32 Å². The molecule has 0 saturated heterocycles. The molecule has 0 amide bonds. The molecule has 18 heavy (non-hydrogen) atoms. The van der Waals surface area contributed by atoms with Crippen LogP contribution in [0.2, 0.25) is 0 Å². The van der Waals surface area contributed by atoms with E-state index in [9.17, 15) is 0 Å². The van der Waals surface area contributed by atoms with Crippen LogP contribution in [0, 0.1) is 0 Å². The zero-order chi connectivity index (χ0) is 12.4. The lowest BCUT2D eigenvalue weighted by molar-refractivity contribution is 0.720. The first-order valence-corrected chi connectivity index (χ1v) is 6.02. The van der Waals surface area contributed by atoms with Crippen molar-refractivity contribution < 1.29 is 0 Å². The first kappa shape index (κ1) is 10.8. The van der Waals surface area contributed by atoms with Crippen molar-refractivity contribution in [1.29, 1.82) is 0 Å². The smallest absolute Gasteiger partial charge is 0.0571 e. The fourth-order valence-corrected chi connectivity index (χ4v) is 2.07. The fourth-order valence-electron chi connectivity index (χ4n) is 2.07. The van der Waals surface area contributed by atoms with E-state index in [1.165, 1.54) is 16.5 Å². The molecule has 1 aromatic heterocycles. The Balaban J connectivity index is 1.81. The van der Waals surface area contributed by atoms with Gasteiger partial charge in [-0.05, 0) is 29.0 Å². The third kappa shape index (κ3) is 2.07. The second-order valence-corrected chi connectivity index (χ2v) is 4.36. The van der Waals surface area contributed by atoms with Crippen LogP contribution >= 0.6 is 0 Å². The van der Waals surface area contributed by atoms with Gasteiger partial charge >= 0.3 is 0 Å². The maximum atomic E-state index is 4.16. The molecule has 3 nitrogen and oxygen atoms in total. The maximum Gasteiger partial charge on any atom is 0.0571 e. The lowest BCUT2D eigenvalue weighted by Gasteiger charge is -2.07. The average Bonchev–Trinajstić information content (AvgIpc) is 2.82. The molecule has 90 valence electrons. The second kappa shape index (κ2) is 4.53. The molecule has 0 bridgehead atoms. The Morgan fingerprint density at radius 3 is 2.67 bits per heavy atom. The van der Waals surface area contributed by atoms with Crippen molar-refractivity contribution in [3.05, 3.63) is 60.4 Å². The summed E-state index contributed by atoms with van der Waals surface area (Å²) in [6.07, 6.45) is 1.82. The number of benzene rings is 2. The summed E-state index contributed by atoms with van der Waals surface area (Å²) >= 11 is 0. The summed E-state index contributed by atoms with van der Waals surface area (Å²) in [5, 5.41) is 10.1. The van der Waals surface area contributed by atoms with Crippen molar-refractivity contribution in [3.63, 3.8) is 0 Å². The first-order chi connectivity index (χ1) is 8.83. The molecule has 3 heteroatoms. The van der Waals surface area contributed by atoms with E-state index >= 15 is 0 Å². The molecule has 0 aliphatic rings. The number of rotatable bonds is 3. The van der Waals surface area contributed by atoms with Crippen LogP contribution in [0.5, 0.6) is 0 Å². The molecule has 1 N–H and O–H groups in total. The molecular weight excluding hydrogens is 222 g/mol. The van der Waals surface area contributed by atoms with Gasteiger partial charge in [-0.2, -0.15) is 5.10 Å². The molecule has 0 aliphatic carbocycles. The predicted octanol–water partition coefficient (Wildman–Crippen LogP) is 3.19. The van der Waals surface area contributed by atoms with Gasteiger partial charge in [-0.25, -0.2) is 0 Å². The molecule has 0 fully saturated rings. The van der Waals surface area contributed by atoms with Crippen molar-refractivity contribution >= 4 is 16.5 Å². The largest absolute Gasteiger partial charge is 0.379 e. The van der Waals surface area contributed by atoms with E-state index in [1.54, 1.807) is 0 Å². The van der Waals surface area contributed by atoms with Gasteiger partial charge in [-0.3, -0.25) is 4.68 Å². The van der Waals surface area contributed by atoms with Crippen LogP contribution in [0.25, 0.3) is 10.8 Å². The van der Waals surface area contributed by atoms with Gasteiger partial charge in [0.1, 0.15) is 0 Å².